The number of benzene rings is 3. The van der Waals surface area contributed by atoms with Crippen molar-refractivity contribution in [3.63, 3.8) is 0 Å². The molecule has 0 spiro atoms. The lowest BCUT2D eigenvalue weighted by molar-refractivity contribution is -0.137. The molecule has 3 aromatic rings. The maximum absolute atomic E-state index is 12.8. The summed E-state index contributed by atoms with van der Waals surface area (Å²) in [5, 5.41) is 0. The van der Waals surface area contributed by atoms with E-state index < -0.39 is 11.7 Å². The minimum atomic E-state index is -4.35. The van der Waals surface area contributed by atoms with Crippen molar-refractivity contribution in [2.24, 2.45) is 0 Å². The van der Waals surface area contributed by atoms with Crippen LogP contribution in [0.15, 0.2) is 78.9 Å². The van der Waals surface area contributed by atoms with E-state index in [1.807, 2.05) is 30.3 Å². The Bertz CT molecular complexity index is 810. The highest BCUT2D eigenvalue weighted by Crippen LogP contribution is 2.33. The molecule has 0 N–H and O–H groups in total. The van der Waals surface area contributed by atoms with E-state index in [0.29, 0.717) is 23.5 Å². The predicted molar refractivity (Wildman–Crippen MR) is 87.7 cm³/mol. The topological polar surface area (TPSA) is 9.23 Å². The van der Waals surface area contributed by atoms with Crippen LogP contribution in [0.25, 0.3) is 11.1 Å². The van der Waals surface area contributed by atoms with Gasteiger partial charge < -0.3 is 4.74 Å². The zero-order valence-corrected chi connectivity index (χ0v) is 12.8. The minimum absolute atomic E-state index is 0.410. The normalized spacial score (nSPS) is 11.3. The second kappa shape index (κ2) is 6.79. The molecule has 0 aliphatic heterocycles. The third-order valence-electron chi connectivity index (χ3n) is 3.61. The smallest absolute Gasteiger partial charge is 0.416 e. The third-order valence-corrected chi connectivity index (χ3v) is 3.61. The Labute approximate surface area is 138 Å². The molecule has 0 saturated heterocycles. The van der Waals surface area contributed by atoms with Crippen LogP contribution in [0.1, 0.15) is 11.1 Å². The van der Waals surface area contributed by atoms with Crippen molar-refractivity contribution in [1.82, 2.24) is 0 Å². The van der Waals surface area contributed by atoms with Gasteiger partial charge in [-0.1, -0.05) is 54.6 Å². The summed E-state index contributed by atoms with van der Waals surface area (Å²) in [5.41, 5.74) is 1.57. The van der Waals surface area contributed by atoms with Gasteiger partial charge in [-0.2, -0.15) is 13.2 Å². The van der Waals surface area contributed by atoms with Gasteiger partial charge in [0.2, 0.25) is 0 Å². The molecule has 0 atom stereocenters. The summed E-state index contributed by atoms with van der Waals surface area (Å²) >= 11 is 0. The van der Waals surface area contributed by atoms with Gasteiger partial charge in [0.25, 0.3) is 0 Å². The molecule has 0 bridgehead atoms. The number of hydrogen-bond acceptors (Lipinski definition) is 1. The van der Waals surface area contributed by atoms with E-state index in [1.165, 1.54) is 6.07 Å². The van der Waals surface area contributed by atoms with Gasteiger partial charge in [-0.05, 0) is 41.0 Å². The largest absolute Gasteiger partial charge is 0.489 e. The van der Waals surface area contributed by atoms with E-state index in [1.54, 1.807) is 30.3 Å². The van der Waals surface area contributed by atoms with Crippen molar-refractivity contribution in [2.75, 3.05) is 0 Å². The Morgan fingerprint density at radius 2 is 1.38 bits per heavy atom. The molecule has 0 aliphatic rings. The van der Waals surface area contributed by atoms with Crippen LogP contribution in [0.3, 0.4) is 0 Å². The lowest BCUT2D eigenvalue weighted by Crippen LogP contribution is -2.04. The first-order valence-electron chi connectivity index (χ1n) is 7.47. The molecule has 0 saturated carbocycles. The molecule has 0 radical (unpaired) electrons. The van der Waals surface area contributed by atoms with Crippen LogP contribution in [-0.2, 0) is 12.8 Å². The Hall–Kier alpha value is -2.75. The summed E-state index contributed by atoms with van der Waals surface area (Å²) in [5.74, 6) is 0.619. The van der Waals surface area contributed by atoms with E-state index in [-0.39, 0.29) is 0 Å². The molecular weight excluding hydrogens is 313 g/mol. The van der Waals surface area contributed by atoms with Crippen LogP contribution < -0.4 is 4.74 Å². The quantitative estimate of drug-likeness (QED) is 0.575. The van der Waals surface area contributed by atoms with Crippen molar-refractivity contribution in [3.05, 3.63) is 90.0 Å². The molecule has 1 nitrogen and oxygen atoms in total. The van der Waals surface area contributed by atoms with Crippen LogP contribution in [0.5, 0.6) is 5.75 Å². The summed E-state index contributed by atoms with van der Waals surface area (Å²) in [6.07, 6.45) is -4.35. The van der Waals surface area contributed by atoms with Crippen LogP contribution in [0.2, 0.25) is 0 Å². The Kier molecular flexibility index (Phi) is 4.56. The van der Waals surface area contributed by atoms with Gasteiger partial charge in [0, 0.05) is 0 Å². The lowest BCUT2D eigenvalue weighted by Gasteiger charge is -2.11. The third kappa shape index (κ3) is 3.96. The molecule has 0 fully saturated rings. The summed E-state index contributed by atoms with van der Waals surface area (Å²) in [7, 11) is 0. The van der Waals surface area contributed by atoms with Gasteiger partial charge in [-0.15, -0.1) is 0 Å². The fraction of sp³-hybridized carbons (Fsp3) is 0.100. The Balaban J connectivity index is 1.80. The monoisotopic (exact) mass is 328 g/mol. The summed E-state index contributed by atoms with van der Waals surface area (Å²) in [4.78, 5) is 0. The van der Waals surface area contributed by atoms with Crippen LogP contribution in [0.4, 0.5) is 13.2 Å². The van der Waals surface area contributed by atoms with Gasteiger partial charge in [-0.3, -0.25) is 0 Å². The number of halogens is 3. The van der Waals surface area contributed by atoms with Crippen LogP contribution in [-0.4, -0.2) is 0 Å². The van der Waals surface area contributed by atoms with Crippen molar-refractivity contribution >= 4 is 0 Å². The molecule has 0 amide bonds. The van der Waals surface area contributed by atoms with Crippen LogP contribution in [0, 0.1) is 0 Å². The molecule has 4 heteroatoms. The zero-order chi connectivity index (χ0) is 17.0. The van der Waals surface area contributed by atoms with Gasteiger partial charge >= 0.3 is 6.18 Å². The zero-order valence-electron chi connectivity index (χ0n) is 12.8. The van der Waals surface area contributed by atoms with Crippen molar-refractivity contribution in [1.29, 1.82) is 0 Å². The van der Waals surface area contributed by atoms with Crippen molar-refractivity contribution in [2.45, 2.75) is 12.8 Å². The highest BCUT2D eigenvalue weighted by Gasteiger charge is 2.30. The second-order valence-corrected chi connectivity index (χ2v) is 5.38. The molecule has 3 aromatic carbocycles. The highest BCUT2D eigenvalue weighted by atomic mass is 19.4. The molecule has 3 rings (SSSR count). The fourth-order valence-electron chi connectivity index (χ4n) is 2.38. The van der Waals surface area contributed by atoms with Gasteiger partial charge in [0.05, 0.1) is 5.56 Å². The predicted octanol–water partition coefficient (Wildman–Crippen LogP) is 5.95. The average molecular weight is 328 g/mol. The Morgan fingerprint density at radius 3 is 2.08 bits per heavy atom. The maximum Gasteiger partial charge on any atom is 0.416 e. The summed E-state index contributed by atoms with van der Waals surface area (Å²) in [6, 6.07) is 22.1. The lowest BCUT2D eigenvalue weighted by atomic mass is 10.0. The standard InChI is InChI=1S/C20H15F3O/c21-20(22,23)18-10-4-8-16(12-18)17-9-5-11-19(13-17)24-14-15-6-2-1-3-7-15/h1-13H,14H2. The molecule has 122 valence electrons. The van der Waals surface area contributed by atoms with Gasteiger partial charge in [-0.25, -0.2) is 0 Å². The number of alkyl halides is 3. The first-order chi connectivity index (χ1) is 11.5. The van der Waals surface area contributed by atoms with E-state index in [2.05, 4.69) is 0 Å². The first-order valence-corrected chi connectivity index (χ1v) is 7.47. The summed E-state index contributed by atoms with van der Waals surface area (Å²) < 4.78 is 44.3. The van der Waals surface area contributed by atoms with Crippen molar-refractivity contribution < 1.29 is 17.9 Å². The average Bonchev–Trinajstić information content (AvgIpc) is 2.60. The summed E-state index contributed by atoms with van der Waals surface area (Å²) in [6.45, 7) is 0.410. The van der Waals surface area contributed by atoms with E-state index >= 15 is 0 Å². The number of hydrogen-bond donors (Lipinski definition) is 0. The fourth-order valence-corrected chi connectivity index (χ4v) is 2.38. The molecule has 0 unspecified atom stereocenters. The van der Waals surface area contributed by atoms with E-state index in [9.17, 15) is 13.2 Å². The van der Waals surface area contributed by atoms with Gasteiger partial charge in [0.1, 0.15) is 12.4 Å². The first kappa shape index (κ1) is 16.1. The molecule has 0 heterocycles. The van der Waals surface area contributed by atoms with Crippen molar-refractivity contribution in [3.8, 4) is 16.9 Å². The van der Waals surface area contributed by atoms with E-state index in [0.717, 1.165) is 17.7 Å². The molecular formula is C20H15F3O. The Morgan fingerprint density at radius 1 is 0.708 bits per heavy atom. The molecule has 0 aromatic heterocycles. The molecule has 24 heavy (non-hydrogen) atoms. The van der Waals surface area contributed by atoms with E-state index in [4.69, 9.17) is 4.74 Å². The molecule has 0 aliphatic carbocycles. The number of rotatable bonds is 4. The van der Waals surface area contributed by atoms with Gasteiger partial charge in [0.15, 0.2) is 0 Å². The second-order valence-electron chi connectivity index (χ2n) is 5.38. The highest BCUT2D eigenvalue weighted by molar-refractivity contribution is 5.66. The number of ether oxygens (including phenoxy) is 1. The SMILES string of the molecule is FC(F)(F)c1cccc(-c2cccc(OCc3ccccc3)c2)c1. The van der Waals surface area contributed by atoms with Crippen LogP contribution >= 0.6 is 0 Å². The minimum Gasteiger partial charge on any atom is -0.489 e. The maximum atomic E-state index is 12.8.